The molecule has 2 rings (SSSR count). The summed E-state index contributed by atoms with van der Waals surface area (Å²) in [5.74, 6) is 0.558. The molecule has 0 saturated carbocycles. The van der Waals surface area contributed by atoms with Crippen LogP contribution in [0.1, 0.15) is 18.9 Å². The molecule has 1 aromatic carbocycles. The van der Waals surface area contributed by atoms with Crippen LogP contribution in [0.15, 0.2) is 17.2 Å². The van der Waals surface area contributed by atoms with E-state index in [1.165, 1.54) is 13.3 Å². The third-order valence-corrected chi connectivity index (χ3v) is 3.10. The van der Waals surface area contributed by atoms with Gasteiger partial charge in [0.2, 0.25) is 5.91 Å². The number of hydrazone groups is 1. The number of nitrogens with zero attached hydrogens (tertiary/aromatic N) is 2. The number of halogens is 1. The van der Waals surface area contributed by atoms with Gasteiger partial charge in [-0.15, -0.1) is 0 Å². The first-order valence-electron chi connectivity index (χ1n) is 6.70. The molecule has 118 valence electrons. The largest absolute Gasteiger partial charge is 0.493 e. The van der Waals surface area contributed by atoms with Crippen molar-refractivity contribution in [3.8, 4) is 11.5 Å². The maximum atomic E-state index is 11.4. The second-order valence-electron chi connectivity index (χ2n) is 4.54. The number of benzene rings is 1. The Labute approximate surface area is 132 Å². The molecule has 1 aliphatic rings. The topological polar surface area (TPSA) is 80.2 Å². The molecular formula is C14H16ClN3O4. The number of carbonyl (C=O) groups is 2. The lowest BCUT2D eigenvalue weighted by molar-refractivity contribution is -0.118. The highest BCUT2D eigenvalue weighted by atomic mass is 35.5. The number of ether oxygens (including phenoxy) is 2. The zero-order valence-corrected chi connectivity index (χ0v) is 13.0. The fraction of sp³-hybridized carbons (Fsp3) is 0.357. The number of rotatable bonds is 6. The molecule has 1 fully saturated rings. The average molecular weight is 326 g/mol. The van der Waals surface area contributed by atoms with Crippen LogP contribution < -0.4 is 14.8 Å². The molecule has 22 heavy (non-hydrogen) atoms. The normalized spacial score (nSPS) is 14.6. The predicted molar refractivity (Wildman–Crippen MR) is 81.6 cm³/mol. The van der Waals surface area contributed by atoms with Gasteiger partial charge in [0.05, 0.1) is 25.0 Å². The Morgan fingerprint density at radius 2 is 2.23 bits per heavy atom. The number of amides is 3. The molecule has 0 spiro atoms. The third kappa shape index (κ3) is 3.67. The standard InChI is InChI=1S/C14H16ClN3O4/c1-3-4-22-13-10(15)5-9(6-11(13)21-2)7-16-18-8-12(19)17-14(18)20/h5-7H,3-4,8H2,1-2H3,(H,17,19,20)/b16-7-. The fourth-order valence-corrected chi connectivity index (χ4v) is 2.09. The molecule has 0 aliphatic carbocycles. The lowest BCUT2D eigenvalue weighted by Crippen LogP contribution is -2.24. The van der Waals surface area contributed by atoms with Crippen molar-refractivity contribution in [2.75, 3.05) is 20.3 Å². The van der Waals surface area contributed by atoms with Crippen molar-refractivity contribution in [2.45, 2.75) is 13.3 Å². The second kappa shape index (κ2) is 7.13. The Hall–Kier alpha value is -2.28. The van der Waals surface area contributed by atoms with Gasteiger partial charge in [-0.05, 0) is 24.1 Å². The highest BCUT2D eigenvalue weighted by molar-refractivity contribution is 6.32. The van der Waals surface area contributed by atoms with E-state index < -0.39 is 6.03 Å². The Morgan fingerprint density at radius 3 is 2.82 bits per heavy atom. The van der Waals surface area contributed by atoms with Gasteiger partial charge < -0.3 is 9.47 Å². The van der Waals surface area contributed by atoms with Gasteiger partial charge in [0.25, 0.3) is 0 Å². The van der Waals surface area contributed by atoms with Gasteiger partial charge >= 0.3 is 6.03 Å². The van der Waals surface area contributed by atoms with Crippen LogP contribution in [0.5, 0.6) is 11.5 Å². The zero-order chi connectivity index (χ0) is 16.1. The molecule has 1 aliphatic heterocycles. The first-order valence-corrected chi connectivity index (χ1v) is 7.08. The van der Waals surface area contributed by atoms with Crippen LogP contribution in [-0.4, -0.2) is 43.4 Å². The van der Waals surface area contributed by atoms with Crippen molar-refractivity contribution in [3.63, 3.8) is 0 Å². The van der Waals surface area contributed by atoms with Crippen molar-refractivity contribution >= 4 is 29.8 Å². The summed E-state index contributed by atoms with van der Waals surface area (Å²) in [7, 11) is 1.51. The predicted octanol–water partition coefficient (Wildman–Crippen LogP) is 2.02. The van der Waals surface area contributed by atoms with E-state index in [1.807, 2.05) is 6.92 Å². The molecule has 8 heteroatoms. The number of imide groups is 1. The SMILES string of the molecule is CCCOc1c(Cl)cc(/C=N\N2CC(=O)NC2=O)cc1OC. The van der Waals surface area contributed by atoms with E-state index >= 15 is 0 Å². The average Bonchev–Trinajstić information content (AvgIpc) is 2.81. The van der Waals surface area contributed by atoms with Gasteiger partial charge in [-0.2, -0.15) is 5.10 Å². The smallest absolute Gasteiger partial charge is 0.344 e. The van der Waals surface area contributed by atoms with Gasteiger partial charge in [-0.3, -0.25) is 10.1 Å². The van der Waals surface area contributed by atoms with Crippen molar-refractivity contribution in [2.24, 2.45) is 5.10 Å². The summed E-state index contributed by atoms with van der Waals surface area (Å²) in [5.41, 5.74) is 0.623. The van der Waals surface area contributed by atoms with E-state index in [-0.39, 0.29) is 12.5 Å². The molecule has 0 aromatic heterocycles. The molecule has 0 atom stereocenters. The van der Waals surface area contributed by atoms with Crippen LogP contribution in [-0.2, 0) is 4.79 Å². The summed E-state index contributed by atoms with van der Waals surface area (Å²) in [6, 6.07) is 2.78. The molecule has 1 N–H and O–H groups in total. The summed E-state index contributed by atoms with van der Waals surface area (Å²) in [6.45, 7) is 2.42. The lowest BCUT2D eigenvalue weighted by atomic mass is 10.2. The molecule has 7 nitrogen and oxygen atoms in total. The Bertz CT molecular complexity index is 618. The zero-order valence-electron chi connectivity index (χ0n) is 12.3. The van der Waals surface area contributed by atoms with Crippen molar-refractivity contribution in [3.05, 3.63) is 22.7 Å². The Morgan fingerprint density at radius 1 is 1.45 bits per heavy atom. The van der Waals surface area contributed by atoms with Crippen LogP contribution in [0, 0.1) is 0 Å². The number of hydrogen-bond donors (Lipinski definition) is 1. The minimum atomic E-state index is -0.554. The van der Waals surface area contributed by atoms with Gasteiger partial charge in [0, 0.05) is 0 Å². The van der Waals surface area contributed by atoms with E-state index in [1.54, 1.807) is 12.1 Å². The molecule has 0 bridgehead atoms. The van der Waals surface area contributed by atoms with E-state index in [0.29, 0.717) is 28.7 Å². The van der Waals surface area contributed by atoms with Crippen LogP contribution in [0.25, 0.3) is 0 Å². The highest BCUT2D eigenvalue weighted by Gasteiger charge is 2.26. The van der Waals surface area contributed by atoms with E-state index in [0.717, 1.165) is 11.4 Å². The van der Waals surface area contributed by atoms with Crippen LogP contribution >= 0.6 is 11.6 Å². The van der Waals surface area contributed by atoms with Gasteiger partial charge in [0.1, 0.15) is 6.54 Å². The molecule has 1 aromatic rings. The molecule has 0 unspecified atom stereocenters. The molecule has 3 amide bonds. The van der Waals surface area contributed by atoms with Crippen molar-refractivity contribution in [1.29, 1.82) is 0 Å². The third-order valence-electron chi connectivity index (χ3n) is 2.82. The first-order chi connectivity index (χ1) is 10.5. The molecule has 1 saturated heterocycles. The summed E-state index contributed by atoms with van der Waals surface area (Å²) >= 11 is 6.18. The quantitative estimate of drug-likeness (QED) is 0.641. The summed E-state index contributed by atoms with van der Waals surface area (Å²) < 4.78 is 10.8. The lowest BCUT2D eigenvalue weighted by Gasteiger charge is -2.12. The molecular weight excluding hydrogens is 310 g/mol. The van der Waals surface area contributed by atoms with Crippen molar-refractivity contribution < 1.29 is 19.1 Å². The summed E-state index contributed by atoms with van der Waals surface area (Å²) in [5, 5.41) is 7.50. The van der Waals surface area contributed by atoms with E-state index in [4.69, 9.17) is 21.1 Å². The highest BCUT2D eigenvalue weighted by Crippen LogP contribution is 2.36. The number of urea groups is 1. The van der Waals surface area contributed by atoms with Gasteiger partial charge in [0.15, 0.2) is 11.5 Å². The van der Waals surface area contributed by atoms with E-state index in [2.05, 4.69) is 10.4 Å². The van der Waals surface area contributed by atoms with Crippen LogP contribution in [0.2, 0.25) is 5.02 Å². The maximum Gasteiger partial charge on any atom is 0.344 e. The number of carbonyl (C=O) groups excluding carboxylic acids is 2. The van der Waals surface area contributed by atoms with Crippen LogP contribution in [0.4, 0.5) is 4.79 Å². The summed E-state index contributed by atoms with van der Waals surface area (Å²) in [6.07, 6.45) is 2.27. The monoisotopic (exact) mass is 325 g/mol. The maximum absolute atomic E-state index is 11.4. The fourth-order valence-electron chi connectivity index (χ4n) is 1.82. The molecule has 0 radical (unpaired) electrons. The minimum Gasteiger partial charge on any atom is -0.493 e. The first kappa shape index (κ1) is 16.1. The molecule has 1 heterocycles. The Kier molecular flexibility index (Phi) is 5.21. The Balaban J connectivity index is 2.20. The second-order valence-corrected chi connectivity index (χ2v) is 4.95. The van der Waals surface area contributed by atoms with Gasteiger partial charge in [-0.25, -0.2) is 9.80 Å². The number of hydrogen-bond acceptors (Lipinski definition) is 5. The van der Waals surface area contributed by atoms with Crippen LogP contribution in [0.3, 0.4) is 0 Å². The minimum absolute atomic E-state index is 0.0993. The van der Waals surface area contributed by atoms with E-state index in [9.17, 15) is 9.59 Å². The summed E-state index contributed by atoms with van der Waals surface area (Å²) in [4.78, 5) is 22.4. The van der Waals surface area contributed by atoms with Gasteiger partial charge in [-0.1, -0.05) is 18.5 Å². The van der Waals surface area contributed by atoms with Crippen molar-refractivity contribution in [1.82, 2.24) is 10.3 Å². The number of nitrogens with one attached hydrogen (secondary N) is 1. The number of methoxy groups -OCH3 is 1.